The molecule has 1 aromatic carbocycles. The Hall–Kier alpha value is -0.860. The fourth-order valence-corrected chi connectivity index (χ4v) is 2.81. The highest BCUT2D eigenvalue weighted by atomic mass is 15.2. The molecule has 3 aliphatic heterocycles. The zero-order valence-electron chi connectivity index (χ0n) is 9.02. The van der Waals surface area contributed by atoms with Gasteiger partial charge in [0.05, 0.1) is 0 Å². The molecule has 0 spiro atoms. The van der Waals surface area contributed by atoms with Crippen molar-refractivity contribution in [1.29, 1.82) is 0 Å². The van der Waals surface area contributed by atoms with Gasteiger partial charge in [-0.25, -0.2) is 0 Å². The summed E-state index contributed by atoms with van der Waals surface area (Å²) in [5.74, 6) is 0. The third-order valence-corrected chi connectivity index (χ3v) is 3.69. The van der Waals surface area contributed by atoms with Crippen molar-refractivity contribution >= 4 is 0 Å². The van der Waals surface area contributed by atoms with Crippen LogP contribution in [0.1, 0.15) is 18.4 Å². The van der Waals surface area contributed by atoms with Crippen LogP contribution in [0.5, 0.6) is 0 Å². The number of benzene rings is 1. The number of piperidine rings is 2. The van der Waals surface area contributed by atoms with Gasteiger partial charge < -0.3 is 5.32 Å². The Bertz CT molecular complexity index is 315. The number of fused-ring (bicyclic) bond motifs is 3. The Morgan fingerprint density at radius 1 is 1.20 bits per heavy atom. The number of rotatable bonds is 2. The standard InChI is InChI=1S/C13H18N2/c1-2-4-11(5-3-1)9-15-10-12-6-7-13(15)8-14-12/h1-5,12-14H,6-10H2/t12-,13-/m1/s1. The summed E-state index contributed by atoms with van der Waals surface area (Å²) >= 11 is 0. The normalized spacial score (nSPS) is 30.7. The van der Waals surface area contributed by atoms with Gasteiger partial charge in [-0.1, -0.05) is 30.3 Å². The summed E-state index contributed by atoms with van der Waals surface area (Å²) in [6.45, 7) is 3.56. The average molecular weight is 202 g/mol. The first kappa shape index (κ1) is 9.37. The summed E-state index contributed by atoms with van der Waals surface area (Å²) in [5, 5.41) is 3.59. The molecule has 0 saturated carbocycles. The van der Waals surface area contributed by atoms with E-state index in [2.05, 4.69) is 40.5 Å². The maximum absolute atomic E-state index is 3.59. The summed E-state index contributed by atoms with van der Waals surface area (Å²) in [4.78, 5) is 2.64. The lowest BCUT2D eigenvalue weighted by Gasteiger charge is -2.46. The van der Waals surface area contributed by atoms with E-state index in [1.807, 2.05) is 0 Å². The molecule has 2 heteroatoms. The largest absolute Gasteiger partial charge is 0.311 e. The summed E-state index contributed by atoms with van der Waals surface area (Å²) < 4.78 is 0. The monoisotopic (exact) mass is 202 g/mol. The average Bonchev–Trinajstić information content (AvgIpc) is 2.32. The fourth-order valence-electron chi connectivity index (χ4n) is 2.81. The fraction of sp³-hybridized carbons (Fsp3) is 0.538. The molecule has 2 nitrogen and oxygen atoms in total. The molecule has 4 rings (SSSR count). The minimum absolute atomic E-state index is 0.749. The summed E-state index contributed by atoms with van der Waals surface area (Å²) in [6, 6.07) is 12.3. The molecule has 2 bridgehead atoms. The van der Waals surface area contributed by atoms with Crippen LogP contribution in [0.2, 0.25) is 0 Å². The number of nitrogens with zero attached hydrogens (tertiary/aromatic N) is 1. The number of hydrogen-bond acceptors (Lipinski definition) is 2. The van der Waals surface area contributed by atoms with Crippen LogP contribution in [0, 0.1) is 0 Å². The van der Waals surface area contributed by atoms with Gasteiger partial charge in [-0.05, 0) is 18.4 Å². The van der Waals surface area contributed by atoms with Crippen molar-refractivity contribution in [3.8, 4) is 0 Å². The van der Waals surface area contributed by atoms with Crippen LogP contribution in [0.25, 0.3) is 0 Å². The summed E-state index contributed by atoms with van der Waals surface area (Å²) in [6.07, 6.45) is 2.75. The highest BCUT2D eigenvalue weighted by Gasteiger charge is 2.32. The van der Waals surface area contributed by atoms with E-state index in [-0.39, 0.29) is 0 Å². The second-order valence-electron chi connectivity index (χ2n) is 4.75. The first-order chi connectivity index (χ1) is 7.42. The zero-order valence-corrected chi connectivity index (χ0v) is 9.02. The first-order valence-corrected chi connectivity index (χ1v) is 5.93. The zero-order chi connectivity index (χ0) is 10.1. The van der Waals surface area contributed by atoms with Crippen LogP contribution in [0.15, 0.2) is 30.3 Å². The van der Waals surface area contributed by atoms with E-state index in [1.54, 1.807) is 0 Å². The van der Waals surface area contributed by atoms with Crippen LogP contribution in [0.4, 0.5) is 0 Å². The van der Waals surface area contributed by atoms with Gasteiger partial charge in [-0.3, -0.25) is 4.90 Å². The second-order valence-corrected chi connectivity index (χ2v) is 4.75. The van der Waals surface area contributed by atoms with E-state index in [1.165, 1.54) is 31.5 Å². The molecule has 1 aromatic rings. The van der Waals surface area contributed by atoms with Gasteiger partial charge in [0.2, 0.25) is 0 Å². The Balaban J connectivity index is 1.69. The van der Waals surface area contributed by atoms with E-state index >= 15 is 0 Å². The van der Waals surface area contributed by atoms with Crippen LogP contribution in [-0.4, -0.2) is 30.1 Å². The van der Waals surface area contributed by atoms with Crippen molar-refractivity contribution in [3.63, 3.8) is 0 Å². The van der Waals surface area contributed by atoms with E-state index < -0.39 is 0 Å². The highest BCUT2D eigenvalue weighted by molar-refractivity contribution is 5.15. The van der Waals surface area contributed by atoms with Gasteiger partial charge in [0.1, 0.15) is 0 Å². The predicted octanol–water partition coefficient (Wildman–Crippen LogP) is 1.62. The molecule has 0 aromatic heterocycles. The van der Waals surface area contributed by atoms with Crippen LogP contribution < -0.4 is 5.32 Å². The van der Waals surface area contributed by atoms with E-state index in [0.29, 0.717) is 0 Å². The molecule has 0 amide bonds. The van der Waals surface area contributed by atoms with Gasteiger partial charge in [-0.2, -0.15) is 0 Å². The predicted molar refractivity (Wildman–Crippen MR) is 61.7 cm³/mol. The highest BCUT2D eigenvalue weighted by Crippen LogP contribution is 2.23. The maximum Gasteiger partial charge on any atom is 0.0237 e. The van der Waals surface area contributed by atoms with Crippen LogP contribution in [0.3, 0.4) is 0 Å². The topological polar surface area (TPSA) is 15.3 Å². The molecule has 0 radical (unpaired) electrons. The Kier molecular flexibility index (Phi) is 2.47. The third-order valence-electron chi connectivity index (χ3n) is 3.69. The third kappa shape index (κ3) is 1.92. The molecule has 2 atom stereocenters. The van der Waals surface area contributed by atoms with Crippen LogP contribution >= 0.6 is 0 Å². The SMILES string of the molecule is c1ccc(CN2C[C@H]3CC[C@@H]2CN3)cc1. The number of piperazine rings is 1. The van der Waals surface area contributed by atoms with Crippen molar-refractivity contribution in [3.05, 3.63) is 35.9 Å². The quantitative estimate of drug-likeness (QED) is 0.784. The molecule has 0 aliphatic carbocycles. The minimum Gasteiger partial charge on any atom is -0.311 e. The molecule has 0 unspecified atom stereocenters. The minimum atomic E-state index is 0.749. The summed E-state index contributed by atoms with van der Waals surface area (Å²) in [7, 11) is 0. The molecule has 3 aliphatic rings. The van der Waals surface area contributed by atoms with E-state index in [0.717, 1.165) is 18.6 Å². The Morgan fingerprint density at radius 2 is 2.07 bits per heavy atom. The molecule has 3 saturated heterocycles. The lowest BCUT2D eigenvalue weighted by Crippen LogP contribution is -2.60. The van der Waals surface area contributed by atoms with Crippen molar-refractivity contribution in [2.24, 2.45) is 0 Å². The molecular formula is C13H18N2. The Labute approximate surface area is 91.3 Å². The number of nitrogens with one attached hydrogen (secondary N) is 1. The van der Waals surface area contributed by atoms with Crippen molar-refractivity contribution in [2.75, 3.05) is 13.1 Å². The van der Waals surface area contributed by atoms with Crippen molar-refractivity contribution < 1.29 is 0 Å². The second kappa shape index (κ2) is 3.95. The molecule has 80 valence electrons. The first-order valence-electron chi connectivity index (χ1n) is 5.93. The van der Waals surface area contributed by atoms with Crippen molar-refractivity contribution in [1.82, 2.24) is 10.2 Å². The van der Waals surface area contributed by atoms with Crippen LogP contribution in [-0.2, 0) is 6.54 Å². The lowest BCUT2D eigenvalue weighted by atomic mass is 9.92. The van der Waals surface area contributed by atoms with Crippen molar-refractivity contribution in [2.45, 2.75) is 31.5 Å². The Morgan fingerprint density at radius 3 is 2.67 bits per heavy atom. The maximum atomic E-state index is 3.59. The molecular weight excluding hydrogens is 184 g/mol. The molecule has 3 heterocycles. The van der Waals surface area contributed by atoms with Gasteiger partial charge in [0.15, 0.2) is 0 Å². The molecule has 3 fully saturated rings. The van der Waals surface area contributed by atoms with Gasteiger partial charge in [-0.15, -0.1) is 0 Å². The number of hydrogen-bond donors (Lipinski definition) is 1. The van der Waals surface area contributed by atoms with E-state index in [4.69, 9.17) is 0 Å². The lowest BCUT2D eigenvalue weighted by molar-refractivity contribution is 0.0685. The summed E-state index contributed by atoms with van der Waals surface area (Å²) in [5.41, 5.74) is 1.45. The van der Waals surface area contributed by atoms with Gasteiger partial charge in [0.25, 0.3) is 0 Å². The van der Waals surface area contributed by atoms with Gasteiger partial charge in [0, 0.05) is 31.7 Å². The molecule has 1 N–H and O–H groups in total. The van der Waals surface area contributed by atoms with Gasteiger partial charge >= 0.3 is 0 Å². The smallest absolute Gasteiger partial charge is 0.0237 e. The molecule has 15 heavy (non-hydrogen) atoms. The van der Waals surface area contributed by atoms with E-state index in [9.17, 15) is 0 Å².